The van der Waals surface area contributed by atoms with Crippen LogP contribution in [0.5, 0.6) is 5.75 Å². The van der Waals surface area contributed by atoms with Gasteiger partial charge in [-0.05, 0) is 12.0 Å². The second-order valence-electron chi connectivity index (χ2n) is 5.12. The number of esters is 1. The van der Waals surface area contributed by atoms with Crippen LogP contribution in [0.15, 0.2) is 30.3 Å². The highest BCUT2D eigenvalue weighted by Crippen LogP contribution is 2.29. The number of hydrogen-bond acceptors (Lipinski definition) is 4. The molecule has 0 heterocycles. The number of aliphatic hydroxyl groups is 1. The maximum atomic E-state index is 13.5. The summed E-state index contributed by atoms with van der Waals surface area (Å²) in [6, 6.07) is 7.17. The molecule has 0 saturated heterocycles. The van der Waals surface area contributed by atoms with Crippen LogP contribution in [0.2, 0.25) is 0 Å². The van der Waals surface area contributed by atoms with Crippen molar-refractivity contribution in [3.8, 4) is 5.75 Å². The van der Waals surface area contributed by atoms with Crippen LogP contribution in [-0.4, -0.2) is 23.2 Å². The van der Waals surface area contributed by atoms with E-state index in [1.54, 1.807) is 30.3 Å². The second kappa shape index (κ2) is 7.58. The fourth-order valence-corrected chi connectivity index (χ4v) is 2.01. The molecule has 4 nitrogen and oxygen atoms in total. The molecule has 0 amide bonds. The van der Waals surface area contributed by atoms with Gasteiger partial charge in [0.15, 0.2) is 6.10 Å². The zero-order valence-corrected chi connectivity index (χ0v) is 12.5. The molecule has 2 rings (SSSR count). The van der Waals surface area contributed by atoms with Gasteiger partial charge in [0.1, 0.15) is 0 Å². The first kappa shape index (κ1) is 18.8. The Kier molecular flexibility index (Phi) is 5.70. The van der Waals surface area contributed by atoms with Crippen LogP contribution >= 0.6 is 0 Å². The van der Waals surface area contributed by atoms with E-state index < -0.39 is 53.0 Å². The molecule has 3 N–H and O–H groups in total. The van der Waals surface area contributed by atoms with E-state index in [1.807, 2.05) is 0 Å². The van der Waals surface area contributed by atoms with Crippen LogP contribution in [0, 0.1) is 29.1 Å². The molecule has 0 aliphatic carbocycles. The zero-order valence-electron chi connectivity index (χ0n) is 12.5. The minimum Gasteiger partial charge on any atom is -0.418 e. The SMILES string of the molecule is N[C@H](Cc1ccccc1)[C@H](O)C(=O)Oc1c(F)c(F)c(F)c(F)c1F. The summed E-state index contributed by atoms with van der Waals surface area (Å²) in [6.45, 7) is 0. The average Bonchev–Trinajstić information content (AvgIpc) is 2.61. The summed E-state index contributed by atoms with van der Waals surface area (Å²) < 4.78 is 70.1. The lowest BCUT2D eigenvalue weighted by molar-refractivity contribution is -0.145. The number of ether oxygens (including phenoxy) is 1. The summed E-state index contributed by atoms with van der Waals surface area (Å²) in [7, 11) is 0. The number of nitrogens with two attached hydrogens (primary N) is 1. The van der Waals surface area contributed by atoms with Gasteiger partial charge in [-0.1, -0.05) is 30.3 Å². The molecule has 0 aliphatic rings. The number of aliphatic hydroxyl groups excluding tert-OH is 1. The Morgan fingerprint density at radius 2 is 1.44 bits per heavy atom. The summed E-state index contributed by atoms with van der Waals surface area (Å²) in [5, 5.41) is 9.78. The largest absolute Gasteiger partial charge is 0.418 e. The monoisotopic (exact) mass is 361 g/mol. The molecule has 2 atom stereocenters. The molecule has 9 heteroatoms. The van der Waals surface area contributed by atoms with Crippen LogP contribution in [0.1, 0.15) is 5.56 Å². The van der Waals surface area contributed by atoms with E-state index in [4.69, 9.17) is 5.73 Å². The minimum atomic E-state index is -2.39. The van der Waals surface area contributed by atoms with Crippen molar-refractivity contribution in [2.45, 2.75) is 18.6 Å². The first-order valence-corrected chi connectivity index (χ1v) is 6.94. The lowest BCUT2D eigenvalue weighted by atomic mass is 10.0. The van der Waals surface area contributed by atoms with E-state index in [0.29, 0.717) is 5.56 Å². The van der Waals surface area contributed by atoms with Gasteiger partial charge < -0.3 is 15.6 Å². The third-order valence-electron chi connectivity index (χ3n) is 3.33. The normalized spacial score (nSPS) is 13.4. The van der Waals surface area contributed by atoms with Gasteiger partial charge in [0.25, 0.3) is 0 Å². The Hall–Kier alpha value is -2.52. The van der Waals surface area contributed by atoms with Crippen LogP contribution < -0.4 is 10.5 Å². The Bertz CT molecular complexity index is 756. The molecule has 2 aromatic rings. The molecule has 0 bridgehead atoms. The third-order valence-corrected chi connectivity index (χ3v) is 3.33. The summed E-state index contributed by atoms with van der Waals surface area (Å²) >= 11 is 0. The van der Waals surface area contributed by atoms with Gasteiger partial charge in [-0.3, -0.25) is 0 Å². The van der Waals surface area contributed by atoms with Crippen molar-refractivity contribution in [2.24, 2.45) is 5.73 Å². The summed E-state index contributed by atoms with van der Waals surface area (Å²) in [4.78, 5) is 11.7. The average molecular weight is 361 g/mol. The lowest BCUT2D eigenvalue weighted by Crippen LogP contribution is -2.44. The van der Waals surface area contributed by atoms with Gasteiger partial charge in [0.05, 0.1) is 0 Å². The van der Waals surface area contributed by atoms with Crippen molar-refractivity contribution in [2.75, 3.05) is 0 Å². The van der Waals surface area contributed by atoms with Crippen LogP contribution in [0.25, 0.3) is 0 Å². The summed E-state index contributed by atoms with van der Waals surface area (Å²) in [5.74, 6) is -15.0. The van der Waals surface area contributed by atoms with Crippen molar-refractivity contribution in [1.82, 2.24) is 0 Å². The second-order valence-corrected chi connectivity index (χ2v) is 5.12. The predicted molar refractivity (Wildman–Crippen MR) is 76.0 cm³/mol. The van der Waals surface area contributed by atoms with E-state index >= 15 is 0 Å². The number of hydrogen-bond donors (Lipinski definition) is 2. The van der Waals surface area contributed by atoms with Crippen molar-refractivity contribution in [1.29, 1.82) is 0 Å². The molecule has 134 valence electrons. The third kappa shape index (κ3) is 3.94. The smallest absolute Gasteiger partial charge is 0.342 e. The number of carbonyl (C=O) groups is 1. The highest BCUT2D eigenvalue weighted by Gasteiger charge is 2.32. The van der Waals surface area contributed by atoms with Crippen molar-refractivity contribution in [3.63, 3.8) is 0 Å². The van der Waals surface area contributed by atoms with Crippen LogP contribution in [0.4, 0.5) is 22.0 Å². The van der Waals surface area contributed by atoms with E-state index in [2.05, 4.69) is 4.74 Å². The zero-order chi connectivity index (χ0) is 18.7. The molecular weight excluding hydrogens is 349 g/mol. The van der Waals surface area contributed by atoms with Gasteiger partial charge in [0.2, 0.25) is 34.8 Å². The topological polar surface area (TPSA) is 72.5 Å². The fourth-order valence-electron chi connectivity index (χ4n) is 2.01. The molecule has 0 aliphatic heterocycles. The van der Waals surface area contributed by atoms with Crippen molar-refractivity contribution >= 4 is 5.97 Å². The Balaban J connectivity index is 2.16. The fraction of sp³-hybridized carbons (Fsp3) is 0.188. The van der Waals surface area contributed by atoms with E-state index in [1.165, 1.54) is 0 Å². The summed E-state index contributed by atoms with van der Waals surface area (Å²) in [6.07, 6.45) is -2.04. The molecule has 0 radical (unpaired) electrons. The lowest BCUT2D eigenvalue weighted by Gasteiger charge is -2.18. The van der Waals surface area contributed by atoms with Gasteiger partial charge in [-0.2, -0.15) is 8.78 Å². The van der Waals surface area contributed by atoms with Gasteiger partial charge >= 0.3 is 5.97 Å². The minimum absolute atomic E-state index is 0.00815. The first-order valence-electron chi connectivity index (χ1n) is 6.94. The first-order chi connectivity index (χ1) is 11.7. The molecule has 0 spiro atoms. The summed E-state index contributed by atoms with van der Waals surface area (Å²) in [5.41, 5.74) is 6.27. The quantitative estimate of drug-likeness (QED) is 0.282. The Labute approximate surface area is 138 Å². The molecule has 2 aromatic carbocycles. The van der Waals surface area contributed by atoms with Crippen molar-refractivity contribution in [3.05, 3.63) is 65.0 Å². The molecule has 0 aromatic heterocycles. The number of benzene rings is 2. The van der Waals surface area contributed by atoms with Crippen molar-refractivity contribution < 1.29 is 36.6 Å². The molecule has 0 unspecified atom stereocenters. The van der Waals surface area contributed by atoms with Crippen LogP contribution in [0.3, 0.4) is 0 Å². The predicted octanol–water partition coefficient (Wildman–Crippen LogP) is 2.22. The molecule has 0 saturated carbocycles. The Morgan fingerprint density at radius 3 is 1.96 bits per heavy atom. The number of halogens is 5. The Morgan fingerprint density at radius 1 is 0.960 bits per heavy atom. The highest BCUT2D eigenvalue weighted by atomic mass is 19.2. The van der Waals surface area contributed by atoms with E-state index in [9.17, 15) is 31.9 Å². The molecule has 25 heavy (non-hydrogen) atoms. The van der Waals surface area contributed by atoms with Gasteiger partial charge in [-0.15, -0.1) is 0 Å². The van der Waals surface area contributed by atoms with Gasteiger partial charge in [-0.25, -0.2) is 18.0 Å². The maximum absolute atomic E-state index is 13.5. The van der Waals surface area contributed by atoms with E-state index in [0.717, 1.165) is 0 Å². The standard InChI is InChI=1S/C16H12F5NO3/c17-9-10(18)12(20)15(13(21)11(9)19)25-16(24)14(23)8(22)6-7-4-2-1-3-5-7/h1-5,8,14,23H,6,22H2/t8-,14+/m1/s1. The van der Waals surface area contributed by atoms with E-state index in [-0.39, 0.29) is 6.42 Å². The number of rotatable bonds is 5. The molecular formula is C16H12F5NO3. The molecule has 0 fully saturated rings. The highest BCUT2D eigenvalue weighted by molar-refractivity contribution is 5.78. The van der Waals surface area contributed by atoms with Gasteiger partial charge in [0, 0.05) is 6.04 Å². The number of carbonyl (C=O) groups excluding carboxylic acids is 1. The maximum Gasteiger partial charge on any atom is 0.342 e. The van der Waals surface area contributed by atoms with Crippen LogP contribution in [-0.2, 0) is 11.2 Å².